The van der Waals surface area contributed by atoms with Crippen molar-refractivity contribution < 1.29 is 62.5 Å². The standard InChI is InChI=1S/C38H54O13/c1-10-23(2)20-24(3)16-17-30(40)49-33-32(41)36(19-18-25(4)31(48-27(6)39)26(5)21-28-14-12-11-13-15-28)50-29(22-45-7)37(44,34(42)46-8)38(33,51-36)35(43)47-9/h11-17,23-24,26,29,31-33,41,44H,4,10,18-22H2,1-3,5-9H3/b17-16+/t23-,24+,26+,29+,31+,32+,33+,36-,37+,38-/m0/s1. The van der Waals surface area contributed by atoms with Crippen LogP contribution in [-0.2, 0) is 58.8 Å². The molecule has 0 radical (unpaired) electrons. The molecular formula is C38H54O13. The molecule has 2 aliphatic rings. The third-order valence-electron chi connectivity index (χ3n) is 9.83. The number of aliphatic hydroxyl groups is 2. The molecule has 0 aromatic heterocycles. The summed E-state index contributed by atoms with van der Waals surface area (Å²) in [7, 11) is 3.23. The molecule has 0 spiro atoms. The molecular weight excluding hydrogens is 664 g/mol. The molecule has 2 N–H and O–H groups in total. The summed E-state index contributed by atoms with van der Waals surface area (Å²) in [5.74, 6) is -6.26. The van der Waals surface area contributed by atoms with Gasteiger partial charge in [-0.05, 0) is 42.2 Å². The molecule has 0 aliphatic carbocycles. The van der Waals surface area contributed by atoms with Gasteiger partial charge in [-0.3, -0.25) is 4.79 Å². The molecule has 0 unspecified atom stereocenters. The SMILES string of the molecule is C=C(CC[C@]12O[C@H](COC)[C@@](O)(C(=O)OC)[C@](C(=O)OC)(O1)[C@H](OC(=O)/C=C/[C@@H](C)C[C@@H](C)CC)[C@H]2O)[C@@H](OC(C)=O)[C@H](C)Cc1ccccc1. The summed E-state index contributed by atoms with van der Waals surface area (Å²) in [5.41, 5.74) is -4.47. The number of methoxy groups -OCH3 is 3. The van der Waals surface area contributed by atoms with Crippen LogP contribution in [0, 0.1) is 17.8 Å². The maximum atomic E-state index is 13.9. The Morgan fingerprint density at radius 1 is 1.04 bits per heavy atom. The summed E-state index contributed by atoms with van der Waals surface area (Å²) in [5, 5.41) is 24.2. The molecule has 2 heterocycles. The van der Waals surface area contributed by atoms with Crippen LogP contribution in [0.2, 0.25) is 0 Å². The van der Waals surface area contributed by atoms with Gasteiger partial charge in [-0.1, -0.05) is 77.1 Å². The first-order valence-corrected chi connectivity index (χ1v) is 17.3. The van der Waals surface area contributed by atoms with Crippen molar-refractivity contribution in [2.45, 2.75) is 108 Å². The fourth-order valence-corrected chi connectivity index (χ4v) is 7.05. The van der Waals surface area contributed by atoms with E-state index < -0.39 is 71.9 Å². The zero-order valence-electron chi connectivity index (χ0n) is 30.9. The van der Waals surface area contributed by atoms with Crippen molar-refractivity contribution in [2.24, 2.45) is 17.8 Å². The molecule has 2 bridgehead atoms. The van der Waals surface area contributed by atoms with Crippen molar-refractivity contribution in [3.8, 4) is 0 Å². The number of fused-ring (bicyclic) bond motifs is 2. The van der Waals surface area contributed by atoms with E-state index in [1.54, 1.807) is 6.08 Å². The van der Waals surface area contributed by atoms with E-state index >= 15 is 0 Å². The largest absolute Gasteiger partial charge is 0.467 e. The zero-order chi connectivity index (χ0) is 38.1. The molecule has 0 saturated carbocycles. The molecule has 3 rings (SSSR count). The fraction of sp³-hybridized carbons (Fsp3) is 0.632. The van der Waals surface area contributed by atoms with Gasteiger partial charge in [-0.15, -0.1) is 0 Å². The van der Waals surface area contributed by atoms with Crippen LogP contribution in [0.4, 0.5) is 0 Å². The van der Waals surface area contributed by atoms with E-state index in [-0.39, 0.29) is 24.7 Å². The van der Waals surface area contributed by atoms with Gasteiger partial charge in [-0.2, -0.15) is 0 Å². The Labute approximate surface area is 300 Å². The van der Waals surface area contributed by atoms with Crippen LogP contribution in [-0.4, -0.2) is 103 Å². The van der Waals surface area contributed by atoms with Gasteiger partial charge in [0.2, 0.25) is 17.0 Å². The van der Waals surface area contributed by atoms with Crippen LogP contribution in [0.5, 0.6) is 0 Å². The smallest absolute Gasteiger partial charge is 0.346 e. The highest BCUT2D eigenvalue weighted by Gasteiger charge is 2.85. The first-order chi connectivity index (χ1) is 24.1. The van der Waals surface area contributed by atoms with E-state index in [4.69, 9.17) is 33.2 Å². The predicted octanol–water partition coefficient (Wildman–Crippen LogP) is 3.62. The van der Waals surface area contributed by atoms with Gasteiger partial charge < -0.3 is 43.4 Å². The lowest BCUT2D eigenvalue weighted by molar-refractivity contribution is -0.383. The minimum atomic E-state index is -3.04. The van der Waals surface area contributed by atoms with Crippen LogP contribution >= 0.6 is 0 Å². The maximum absolute atomic E-state index is 13.9. The third-order valence-corrected chi connectivity index (χ3v) is 9.83. The molecule has 10 atom stereocenters. The van der Waals surface area contributed by atoms with E-state index in [0.29, 0.717) is 17.9 Å². The van der Waals surface area contributed by atoms with Crippen molar-refractivity contribution in [1.82, 2.24) is 0 Å². The van der Waals surface area contributed by atoms with Crippen LogP contribution in [0.3, 0.4) is 0 Å². The molecule has 2 saturated heterocycles. The van der Waals surface area contributed by atoms with Gasteiger partial charge in [0, 0.05) is 32.4 Å². The number of allylic oxidation sites excluding steroid dienone is 1. The quantitative estimate of drug-likeness (QED) is 0.0977. The summed E-state index contributed by atoms with van der Waals surface area (Å²) >= 11 is 0. The summed E-state index contributed by atoms with van der Waals surface area (Å²) in [6.07, 6.45) is -1.64. The first kappa shape index (κ1) is 41.8. The molecule has 2 aliphatic heterocycles. The van der Waals surface area contributed by atoms with Gasteiger partial charge >= 0.3 is 23.9 Å². The summed E-state index contributed by atoms with van der Waals surface area (Å²) in [6.45, 7) is 13.0. The molecule has 0 amide bonds. The molecule has 13 heteroatoms. The average Bonchev–Trinajstić information content (AvgIpc) is 3.32. The molecule has 2 fully saturated rings. The Morgan fingerprint density at radius 3 is 2.25 bits per heavy atom. The van der Waals surface area contributed by atoms with Crippen LogP contribution in [0.1, 0.15) is 65.9 Å². The van der Waals surface area contributed by atoms with Gasteiger partial charge in [0.25, 0.3) is 0 Å². The lowest BCUT2D eigenvalue weighted by Gasteiger charge is -2.50. The van der Waals surface area contributed by atoms with Gasteiger partial charge in [0.05, 0.1) is 20.8 Å². The number of hydrogen-bond acceptors (Lipinski definition) is 13. The second-order valence-corrected chi connectivity index (χ2v) is 13.7. The normalized spacial score (nSPS) is 29.4. The monoisotopic (exact) mass is 718 g/mol. The van der Waals surface area contributed by atoms with Gasteiger partial charge in [0.1, 0.15) is 18.3 Å². The number of carbonyl (C=O) groups is 4. The fourth-order valence-electron chi connectivity index (χ4n) is 7.05. The average molecular weight is 719 g/mol. The molecule has 13 nitrogen and oxygen atoms in total. The maximum Gasteiger partial charge on any atom is 0.346 e. The molecule has 284 valence electrons. The Kier molecular flexibility index (Phi) is 14.5. The number of ether oxygens (including phenoxy) is 7. The minimum Gasteiger partial charge on any atom is -0.467 e. The topological polar surface area (TPSA) is 173 Å². The van der Waals surface area contributed by atoms with Crippen LogP contribution < -0.4 is 0 Å². The molecule has 51 heavy (non-hydrogen) atoms. The van der Waals surface area contributed by atoms with Crippen molar-refractivity contribution in [2.75, 3.05) is 27.9 Å². The summed E-state index contributed by atoms with van der Waals surface area (Å²) in [4.78, 5) is 52.9. The summed E-state index contributed by atoms with van der Waals surface area (Å²) < 4.78 is 39.1. The highest BCUT2D eigenvalue weighted by Crippen LogP contribution is 2.56. The van der Waals surface area contributed by atoms with Crippen LogP contribution in [0.15, 0.2) is 54.6 Å². The van der Waals surface area contributed by atoms with Gasteiger partial charge in [-0.25, -0.2) is 14.4 Å². The Bertz CT molecular complexity index is 1410. The van der Waals surface area contributed by atoms with E-state index in [2.05, 4.69) is 20.4 Å². The molecule has 1 aromatic rings. The highest BCUT2D eigenvalue weighted by molar-refractivity contribution is 5.95. The number of carbonyl (C=O) groups excluding carboxylic acids is 4. The second kappa shape index (κ2) is 17.7. The number of rotatable bonds is 18. The summed E-state index contributed by atoms with van der Waals surface area (Å²) in [6, 6.07) is 9.62. The lowest BCUT2D eigenvalue weighted by Crippen LogP contribution is -2.77. The zero-order valence-corrected chi connectivity index (χ0v) is 30.9. The van der Waals surface area contributed by atoms with Crippen molar-refractivity contribution in [1.29, 1.82) is 0 Å². The first-order valence-electron chi connectivity index (χ1n) is 17.3. The number of benzene rings is 1. The van der Waals surface area contributed by atoms with Crippen molar-refractivity contribution in [3.63, 3.8) is 0 Å². The number of hydrogen-bond donors (Lipinski definition) is 2. The Hall–Kier alpha value is -3.62. The predicted molar refractivity (Wildman–Crippen MR) is 184 cm³/mol. The van der Waals surface area contributed by atoms with Gasteiger partial charge in [0.15, 0.2) is 6.10 Å². The van der Waals surface area contributed by atoms with Crippen molar-refractivity contribution >= 4 is 23.9 Å². The van der Waals surface area contributed by atoms with Crippen LogP contribution in [0.25, 0.3) is 0 Å². The second-order valence-electron chi connectivity index (χ2n) is 13.7. The van der Waals surface area contributed by atoms with Crippen molar-refractivity contribution in [3.05, 3.63) is 60.2 Å². The van der Waals surface area contributed by atoms with E-state index in [1.807, 2.05) is 44.2 Å². The van der Waals surface area contributed by atoms with E-state index in [0.717, 1.165) is 38.7 Å². The minimum absolute atomic E-state index is 0.00452. The number of esters is 4. The Balaban J connectivity index is 2.06. The molecule has 1 aromatic carbocycles. The highest BCUT2D eigenvalue weighted by atomic mass is 16.8. The number of aliphatic hydroxyl groups excluding tert-OH is 1. The van der Waals surface area contributed by atoms with E-state index in [1.165, 1.54) is 14.0 Å². The third kappa shape index (κ3) is 8.72. The lowest BCUT2D eigenvalue weighted by atomic mass is 9.74. The Morgan fingerprint density at radius 2 is 1.69 bits per heavy atom. The van der Waals surface area contributed by atoms with E-state index in [9.17, 15) is 29.4 Å².